The summed E-state index contributed by atoms with van der Waals surface area (Å²) in [7, 11) is 0. The van der Waals surface area contributed by atoms with Crippen molar-refractivity contribution in [3.05, 3.63) is 0 Å². The summed E-state index contributed by atoms with van der Waals surface area (Å²) in [6.07, 6.45) is 0.367. The highest BCUT2D eigenvalue weighted by Gasteiger charge is 2.30. The summed E-state index contributed by atoms with van der Waals surface area (Å²) in [6, 6.07) is -0.762. The van der Waals surface area contributed by atoms with E-state index in [0.717, 1.165) is 0 Å². The Bertz CT molecular complexity index is 346. The molecule has 0 aromatic heterocycles. The third kappa shape index (κ3) is 7.43. The summed E-state index contributed by atoms with van der Waals surface area (Å²) < 4.78 is 0. The molecule has 6 nitrogen and oxygen atoms in total. The van der Waals surface area contributed by atoms with Crippen LogP contribution in [0.4, 0.5) is 0 Å². The summed E-state index contributed by atoms with van der Waals surface area (Å²) in [4.78, 5) is 34.3. The van der Waals surface area contributed by atoms with Crippen LogP contribution in [-0.2, 0) is 14.4 Å². The van der Waals surface area contributed by atoms with Gasteiger partial charge in [0.2, 0.25) is 17.7 Å². The second-order valence-corrected chi connectivity index (χ2v) is 6.14. The zero-order chi connectivity index (χ0) is 15.2. The van der Waals surface area contributed by atoms with Crippen LogP contribution in [0.2, 0.25) is 0 Å². The molecule has 0 heterocycles. The van der Waals surface area contributed by atoms with Crippen LogP contribution in [0.5, 0.6) is 0 Å². The van der Waals surface area contributed by atoms with Gasteiger partial charge in [-0.1, -0.05) is 34.6 Å². The first kappa shape index (κ1) is 17.4. The van der Waals surface area contributed by atoms with Gasteiger partial charge in [-0.3, -0.25) is 14.4 Å². The van der Waals surface area contributed by atoms with Crippen LogP contribution < -0.4 is 16.4 Å². The van der Waals surface area contributed by atoms with Gasteiger partial charge < -0.3 is 16.4 Å². The molecule has 0 saturated carbocycles. The molecule has 0 aromatic rings. The normalized spacial score (nSPS) is 12.9. The van der Waals surface area contributed by atoms with Gasteiger partial charge in [0.15, 0.2) is 0 Å². The first-order valence-corrected chi connectivity index (χ1v) is 6.39. The van der Waals surface area contributed by atoms with Gasteiger partial charge in [0, 0.05) is 6.42 Å². The number of nitrogens with one attached hydrogen (secondary N) is 2. The highest BCUT2D eigenvalue weighted by atomic mass is 16.2. The average Bonchev–Trinajstić information content (AvgIpc) is 2.20. The van der Waals surface area contributed by atoms with Gasteiger partial charge in [-0.25, -0.2) is 0 Å². The van der Waals surface area contributed by atoms with Crippen molar-refractivity contribution < 1.29 is 14.4 Å². The van der Waals surface area contributed by atoms with E-state index in [0.29, 0.717) is 6.42 Å². The molecule has 1 atom stereocenters. The second-order valence-electron chi connectivity index (χ2n) is 6.14. The second kappa shape index (κ2) is 7.11. The maximum Gasteiger partial charge on any atom is 0.240 e. The molecule has 0 spiro atoms. The Morgan fingerprint density at radius 2 is 1.63 bits per heavy atom. The quantitative estimate of drug-likeness (QED) is 0.641. The van der Waals surface area contributed by atoms with Crippen LogP contribution in [0.3, 0.4) is 0 Å². The van der Waals surface area contributed by atoms with Crippen LogP contribution in [0.25, 0.3) is 0 Å². The monoisotopic (exact) mass is 271 g/mol. The lowest BCUT2D eigenvalue weighted by Crippen LogP contribution is -2.54. The molecule has 0 fully saturated rings. The van der Waals surface area contributed by atoms with Gasteiger partial charge in [-0.05, 0) is 11.3 Å². The van der Waals surface area contributed by atoms with E-state index in [1.165, 1.54) is 0 Å². The standard InChI is InChI=1S/C13H25N3O3/c1-8(2)6-9(17)15-7-10(18)16-11(12(14)19)13(3,4)5/h8,11H,6-7H2,1-5H3,(H2,14,19)(H,15,17)(H,16,18). The summed E-state index contributed by atoms with van der Waals surface area (Å²) in [5.74, 6) is -0.960. The van der Waals surface area contributed by atoms with E-state index in [9.17, 15) is 14.4 Å². The Morgan fingerprint density at radius 1 is 1.11 bits per heavy atom. The minimum atomic E-state index is -0.762. The summed E-state index contributed by atoms with van der Waals surface area (Å²) in [5, 5.41) is 5.04. The van der Waals surface area contributed by atoms with E-state index >= 15 is 0 Å². The molecule has 110 valence electrons. The predicted molar refractivity (Wildman–Crippen MR) is 73.0 cm³/mol. The molecule has 4 N–H and O–H groups in total. The van der Waals surface area contributed by atoms with E-state index in [1.807, 2.05) is 13.8 Å². The number of carbonyl (C=O) groups is 3. The van der Waals surface area contributed by atoms with Gasteiger partial charge in [0.05, 0.1) is 6.54 Å². The van der Waals surface area contributed by atoms with Crippen LogP contribution in [0.15, 0.2) is 0 Å². The fourth-order valence-corrected chi connectivity index (χ4v) is 1.55. The predicted octanol–water partition coefficient (Wildman–Crippen LogP) is 0.165. The molecule has 0 bridgehead atoms. The fraction of sp³-hybridized carbons (Fsp3) is 0.769. The number of hydrogen-bond acceptors (Lipinski definition) is 3. The highest BCUT2D eigenvalue weighted by Crippen LogP contribution is 2.18. The first-order valence-electron chi connectivity index (χ1n) is 6.39. The molecular weight excluding hydrogens is 246 g/mol. The smallest absolute Gasteiger partial charge is 0.240 e. The lowest BCUT2D eigenvalue weighted by atomic mass is 9.86. The minimum Gasteiger partial charge on any atom is -0.368 e. The molecule has 6 heteroatoms. The Balaban J connectivity index is 4.30. The maximum absolute atomic E-state index is 11.7. The van der Waals surface area contributed by atoms with Crippen LogP contribution in [-0.4, -0.2) is 30.3 Å². The molecule has 0 radical (unpaired) electrons. The number of primary amides is 1. The van der Waals surface area contributed by atoms with Crippen LogP contribution in [0.1, 0.15) is 41.0 Å². The maximum atomic E-state index is 11.7. The number of hydrogen-bond donors (Lipinski definition) is 3. The van der Waals surface area contributed by atoms with Crippen molar-refractivity contribution in [2.75, 3.05) is 6.54 Å². The molecule has 19 heavy (non-hydrogen) atoms. The van der Waals surface area contributed by atoms with E-state index in [1.54, 1.807) is 20.8 Å². The molecular formula is C13H25N3O3. The third-order valence-electron chi connectivity index (χ3n) is 2.50. The van der Waals surface area contributed by atoms with E-state index in [4.69, 9.17) is 5.73 Å². The molecule has 0 aliphatic carbocycles. The summed E-state index contributed by atoms with van der Waals surface area (Å²) >= 11 is 0. The van der Waals surface area contributed by atoms with Crippen LogP contribution >= 0.6 is 0 Å². The Hall–Kier alpha value is -1.59. The van der Waals surface area contributed by atoms with E-state index < -0.39 is 23.3 Å². The molecule has 3 amide bonds. The molecule has 0 saturated heterocycles. The molecule has 1 unspecified atom stereocenters. The van der Waals surface area contributed by atoms with Gasteiger partial charge >= 0.3 is 0 Å². The van der Waals surface area contributed by atoms with Crippen molar-refractivity contribution in [3.8, 4) is 0 Å². The molecule has 0 aromatic carbocycles. The van der Waals surface area contributed by atoms with Gasteiger partial charge in [-0.15, -0.1) is 0 Å². The zero-order valence-electron chi connectivity index (χ0n) is 12.4. The first-order chi connectivity index (χ1) is 8.54. The minimum absolute atomic E-state index is 0.147. The van der Waals surface area contributed by atoms with Crippen LogP contribution in [0, 0.1) is 11.3 Å². The molecule has 0 rings (SSSR count). The third-order valence-corrected chi connectivity index (χ3v) is 2.50. The van der Waals surface area contributed by atoms with Crippen molar-refractivity contribution in [2.24, 2.45) is 17.1 Å². The van der Waals surface area contributed by atoms with Crippen molar-refractivity contribution >= 4 is 17.7 Å². The van der Waals surface area contributed by atoms with Gasteiger partial charge in [-0.2, -0.15) is 0 Å². The Labute approximate surface area is 114 Å². The lowest BCUT2D eigenvalue weighted by molar-refractivity contribution is -0.130. The zero-order valence-corrected chi connectivity index (χ0v) is 12.4. The number of carbonyl (C=O) groups excluding carboxylic acids is 3. The lowest BCUT2D eigenvalue weighted by Gasteiger charge is -2.28. The Kier molecular flexibility index (Phi) is 6.52. The van der Waals surface area contributed by atoms with Crippen molar-refractivity contribution in [2.45, 2.75) is 47.1 Å². The van der Waals surface area contributed by atoms with Crippen molar-refractivity contribution in [1.82, 2.24) is 10.6 Å². The molecule has 0 aliphatic rings. The number of nitrogens with two attached hydrogens (primary N) is 1. The van der Waals surface area contributed by atoms with Crippen molar-refractivity contribution in [3.63, 3.8) is 0 Å². The largest absolute Gasteiger partial charge is 0.368 e. The SMILES string of the molecule is CC(C)CC(=O)NCC(=O)NC(C(N)=O)C(C)(C)C. The fourth-order valence-electron chi connectivity index (χ4n) is 1.55. The van der Waals surface area contributed by atoms with E-state index in [2.05, 4.69) is 10.6 Å². The number of amides is 3. The van der Waals surface area contributed by atoms with Gasteiger partial charge in [0.25, 0.3) is 0 Å². The Morgan fingerprint density at radius 3 is 2.00 bits per heavy atom. The molecule has 0 aliphatic heterocycles. The summed E-state index contributed by atoms with van der Waals surface area (Å²) in [6.45, 7) is 9.11. The summed E-state index contributed by atoms with van der Waals surface area (Å²) in [5.41, 5.74) is 4.78. The average molecular weight is 271 g/mol. The van der Waals surface area contributed by atoms with Gasteiger partial charge in [0.1, 0.15) is 6.04 Å². The highest BCUT2D eigenvalue weighted by molar-refractivity contribution is 5.89. The number of rotatable bonds is 6. The van der Waals surface area contributed by atoms with Crippen molar-refractivity contribution in [1.29, 1.82) is 0 Å². The topological polar surface area (TPSA) is 101 Å². The van der Waals surface area contributed by atoms with E-state index in [-0.39, 0.29) is 18.4 Å².